The third-order valence-corrected chi connectivity index (χ3v) is 3.41. The molecule has 2 N–H and O–H groups in total. The maximum absolute atomic E-state index is 11.9. The molecule has 3 nitrogen and oxygen atoms in total. The van der Waals surface area contributed by atoms with Crippen molar-refractivity contribution in [3.63, 3.8) is 0 Å². The number of carbonyl (C=O) groups is 1. The monoisotopic (exact) mass is 263 g/mol. The molecule has 106 valence electrons. The quantitative estimate of drug-likeness (QED) is 0.794. The molecule has 0 saturated heterocycles. The van der Waals surface area contributed by atoms with Crippen LogP contribution in [0.25, 0.3) is 0 Å². The van der Waals surface area contributed by atoms with Gasteiger partial charge in [-0.1, -0.05) is 31.2 Å². The highest BCUT2D eigenvalue weighted by molar-refractivity contribution is 5.77. The summed E-state index contributed by atoms with van der Waals surface area (Å²) < 4.78 is 0. The maximum atomic E-state index is 11.9. The Bertz CT molecular complexity index is 403. The molecule has 0 bridgehead atoms. The van der Waals surface area contributed by atoms with Crippen molar-refractivity contribution in [2.45, 2.75) is 52.0 Å². The summed E-state index contributed by atoms with van der Waals surface area (Å²) in [6.07, 6.45) is 2.06. The lowest BCUT2D eigenvalue weighted by Gasteiger charge is -2.17. The molecule has 19 heavy (non-hydrogen) atoms. The van der Waals surface area contributed by atoms with Crippen LogP contribution < -0.4 is 5.32 Å². The van der Waals surface area contributed by atoms with Crippen molar-refractivity contribution < 1.29 is 9.90 Å². The molecule has 1 aromatic rings. The Kier molecular flexibility index (Phi) is 6.57. The van der Waals surface area contributed by atoms with E-state index < -0.39 is 0 Å². The Morgan fingerprint density at radius 1 is 1.32 bits per heavy atom. The third-order valence-electron chi connectivity index (χ3n) is 3.41. The van der Waals surface area contributed by atoms with Gasteiger partial charge in [0.05, 0.1) is 0 Å². The van der Waals surface area contributed by atoms with Gasteiger partial charge in [-0.05, 0) is 43.7 Å². The average molecular weight is 263 g/mol. The number of aliphatic hydroxyl groups excluding tert-OH is 1. The van der Waals surface area contributed by atoms with Gasteiger partial charge < -0.3 is 10.4 Å². The summed E-state index contributed by atoms with van der Waals surface area (Å²) >= 11 is 0. The predicted octanol–water partition coefficient (Wildman–Crippen LogP) is 2.77. The molecule has 1 amide bonds. The summed E-state index contributed by atoms with van der Waals surface area (Å²) in [5, 5.41) is 11.7. The molecule has 0 aliphatic heterocycles. The number of nitrogens with one attached hydrogen (secondary N) is 1. The molecule has 0 aliphatic carbocycles. The number of hydrogen-bond acceptors (Lipinski definition) is 2. The van der Waals surface area contributed by atoms with Crippen LogP contribution in [0.5, 0.6) is 0 Å². The first-order chi connectivity index (χ1) is 9.04. The fourth-order valence-corrected chi connectivity index (χ4v) is 2.33. The van der Waals surface area contributed by atoms with Crippen molar-refractivity contribution in [2.75, 3.05) is 6.61 Å². The average Bonchev–Trinajstić information content (AvgIpc) is 2.36. The van der Waals surface area contributed by atoms with Crippen LogP contribution in [0.2, 0.25) is 0 Å². The van der Waals surface area contributed by atoms with Crippen LogP contribution in [0.15, 0.2) is 24.3 Å². The number of hydrogen-bond donors (Lipinski definition) is 2. The van der Waals surface area contributed by atoms with Gasteiger partial charge in [0.25, 0.3) is 0 Å². The molecular weight excluding hydrogens is 238 g/mol. The molecule has 1 aromatic carbocycles. The number of aryl methyl sites for hydroxylation is 1. The van der Waals surface area contributed by atoms with E-state index in [1.807, 2.05) is 19.1 Å². The molecule has 0 spiro atoms. The molecule has 0 aromatic heterocycles. The first-order valence-corrected chi connectivity index (χ1v) is 7.00. The van der Waals surface area contributed by atoms with E-state index in [4.69, 9.17) is 5.11 Å². The van der Waals surface area contributed by atoms with Crippen LogP contribution in [-0.4, -0.2) is 23.7 Å². The van der Waals surface area contributed by atoms with E-state index in [-0.39, 0.29) is 24.5 Å². The Morgan fingerprint density at radius 2 is 2.00 bits per heavy atom. The van der Waals surface area contributed by atoms with Crippen molar-refractivity contribution in [3.8, 4) is 0 Å². The van der Waals surface area contributed by atoms with Crippen LogP contribution in [0.3, 0.4) is 0 Å². The van der Waals surface area contributed by atoms with E-state index in [1.54, 1.807) is 0 Å². The van der Waals surface area contributed by atoms with Crippen LogP contribution >= 0.6 is 0 Å². The number of amides is 1. The zero-order chi connectivity index (χ0) is 14.3. The normalized spacial score (nSPS) is 13.9. The zero-order valence-corrected chi connectivity index (χ0v) is 12.1. The van der Waals surface area contributed by atoms with Gasteiger partial charge in [-0.15, -0.1) is 0 Å². The van der Waals surface area contributed by atoms with E-state index >= 15 is 0 Å². The molecular formula is C16H25NO2. The van der Waals surface area contributed by atoms with Gasteiger partial charge >= 0.3 is 0 Å². The van der Waals surface area contributed by atoms with Crippen LogP contribution in [0.4, 0.5) is 0 Å². The van der Waals surface area contributed by atoms with Crippen molar-refractivity contribution in [3.05, 3.63) is 35.4 Å². The molecule has 3 heteroatoms. The van der Waals surface area contributed by atoms with Gasteiger partial charge in [0.1, 0.15) is 0 Å². The second-order valence-electron chi connectivity index (χ2n) is 5.30. The van der Waals surface area contributed by atoms with Crippen LogP contribution in [0, 0.1) is 6.92 Å². The van der Waals surface area contributed by atoms with E-state index in [0.29, 0.717) is 6.42 Å². The van der Waals surface area contributed by atoms with Crippen molar-refractivity contribution in [2.24, 2.45) is 0 Å². The second kappa shape index (κ2) is 7.95. The highest BCUT2D eigenvalue weighted by Crippen LogP contribution is 2.22. The highest BCUT2D eigenvalue weighted by atomic mass is 16.2. The van der Waals surface area contributed by atoms with Crippen LogP contribution in [-0.2, 0) is 4.79 Å². The lowest BCUT2D eigenvalue weighted by atomic mass is 9.93. The number of aliphatic hydroxyl groups is 1. The Labute approximate surface area is 116 Å². The van der Waals surface area contributed by atoms with E-state index in [1.165, 1.54) is 11.1 Å². The fourth-order valence-electron chi connectivity index (χ4n) is 2.33. The maximum Gasteiger partial charge on any atom is 0.220 e. The number of benzene rings is 1. The van der Waals surface area contributed by atoms with Gasteiger partial charge in [0.15, 0.2) is 0 Å². The minimum atomic E-state index is 0.0844. The minimum Gasteiger partial charge on any atom is -0.396 e. The molecule has 2 unspecified atom stereocenters. The summed E-state index contributed by atoms with van der Waals surface area (Å²) in [5.74, 6) is 0.312. The second-order valence-corrected chi connectivity index (χ2v) is 5.30. The summed E-state index contributed by atoms with van der Waals surface area (Å²) in [5.41, 5.74) is 2.47. The van der Waals surface area contributed by atoms with Gasteiger partial charge in [0.2, 0.25) is 5.91 Å². The van der Waals surface area contributed by atoms with E-state index in [9.17, 15) is 4.79 Å². The Hall–Kier alpha value is -1.35. The number of carbonyl (C=O) groups excluding carboxylic acids is 1. The molecule has 0 aliphatic rings. The predicted molar refractivity (Wildman–Crippen MR) is 78.1 cm³/mol. The molecule has 1 rings (SSSR count). The summed E-state index contributed by atoms with van der Waals surface area (Å²) in [6.45, 7) is 6.32. The van der Waals surface area contributed by atoms with Gasteiger partial charge in [-0.25, -0.2) is 0 Å². The summed E-state index contributed by atoms with van der Waals surface area (Å²) in [7, 11) is 0. The first kappa shape index (κ1) is 15.7. The molecule has 0 radical (unpaired) electrons. The summed E-state index contributed by atoms with van der Waals surface area (Å²) in [4.78, 5) is 11.9. The molecule has 0 fully saturated rings. The number of rotatable bonds is 7. The highest BCUT2D eigenvalue weighted by Gasteiger charge is 2.14. The topological polar surface area (TPSA) is 49.3 Å². The van der Waals surface area contributed by atoms with Gasteiger partial charge in [-0.3, -0.25) is 4.79 Å². The van der Waals surface area contributed by atoms with Crippen molar-refractivity contribution >= 4 is 5.91 Å². The lowest BCUT2D eigenvalue weighted by molar-refractivity contribution is -0.122. The van der Waals surface area contributed by atoms with Crippen LogP contribution in [0.1, 0.15) is 50.2 Å². The Balaban J connectivity index is 2.46. The fraction of sp³-hybridized carbons (Fsp3) is 0.562. The van der Waals surface area contributed by atoms with Crippen molar-refractivity contribution in [1.82, 2.24) is 5.32 Å². The van der Waals surface area contributed by atoms with Crippen molar-refractivity contribution in [1.29, 1.82) is 0 Å². The van der Waals surface area contributed by atoms with Gasteiger partial charge in [-0.2, -0.15) is 0 Å². The Morgan fingerprint density at radius 3 is 2.63 bits per heavy atom. The first-order valence-electron chi connectivity index (χ1n) is 7.00. The molecule has 0 saturated carbocycles. The standard InChI is InChI=1S/C16H25NO2/c1-12-7-4-5-9-15(12)13(2)11-16(19)17-14(3)8-6-10-18/h4-5,7,9,13-14,18H,6,8,10-11H2,1-3H3,(H,17,19). The third kappa shape index (κ3) is 5.43. The largest absolute Gasteiger partial charge is 0.396 e. The summed E-state index contributed by atoms with van der Waals surface area (Å²) in [6, 6.07) is 8.32. The van der Waals surface area contributed by atoms with E-state index in [0.717, 1.165) is 12.8 Å². The molecule has 0 heterocycles. The lowest BCUT2D eigenvalue weighted by Crippen LogP contribution is -2.33. The molecule has 2 atom stereocenters. The smallest absolute Gasteiger partial charge is 0.220 e. The zero-order valence-electron chi connectivity index (χ0n) is 12.1. The van der Waals surface area contributed by atoms with E-state index in [2.05, 4.69) is 31.3 Å². The SMILES string of the molecule is Cc1ccccc1C(C)CC(=O)NC(C)CCCO. The van der Waals surface area contributed by atoms with Gasteiger partial charge in [0, 0.05) is 19.1 Å². The minimum absolute atomic E-state index is 0.0844.